The van der Waals surface area contributed by atoms with Crippen LogP contribution in [0.15, 0.2) is 46.1 Å². The van der Waals surface area contributed by atoms with Gasteiger partial charge in [0.25, 0.3) is 5.91 Å². The van der Waals surface area contributed by atoms with E-state index in [1.807, 2.05) is 0 Å². The first-order chi connectivity index (χ1) is 19.2. The zero-order valence-electron chi connectivity index (χ0n) is 22.4. The number of amides is 2. The smallest absolute Gasteiger partial charge is 0.256 e. The van der Waals surface area contributed by atoms with E-state index in [0.717, 1.165) is 36.8 Å². The molecule has 3 aliphatic heterocycles. The van der Waals surface area contributed by atoms with E-state index in [9.17, 15) is 26.8 Å². The SMILES string of the molecule is O=C1C=C2C(F)=NC3=C2C(CN1)CC(c1ccc(F)c(C(=O)N2CCN(S(=O)(=O)C4CCCCCC4)CC2)c1)C3. The fourth-order valence-electron chi connectivity index (χ4n) is 6.90. The summed E-state index contributed by atoms with van der Waals surface area (Å²) < 4.78 is 57.5. The van der Waals surface area contributed by atoms with Gasteiger partial charge in [-0.15, -0.1) is 0 Å². The van der Waals surface area contributed by atoms with Crippen LogP contribution < -0.4 is 5.32 Å². The molecule has 0 radical (unpaired) electrons. The highest BCUT2D eigenvalue weighted by Crippen LogP contribution is 2.47. The minimum absolute atomic E-state index is 0.0480. The van der Waals surface area contributed by atoms with Gasteiger partial charge in [0.1, 0.15) is 5.82 Å². The van der Waals surface area contributed by atoms with Crippen LogP contribution in [0.1, 0.15) is 73.2 Å². The molecule has 214 valence electrons. The molecule has 1 N–H and O–H groups in total. The number of hydrogen-bond donors (Lipinski definition) is 1. The maximum Gasteiger partial charge on any atom is 0.256 e. The lowest BCUT2D eigenvalue weighted by Gasteiger charge is -2.36. The van der Waals surface area contributed by atoms with Crippen LogP contribution in [0.3, 0.4) is 0 Å². The summed E-state index contributed by atoms with van der Waals surface area (Å²) in [4.78, 5) is 31.1. The average Bonchev–Trinajstić information content (AvgIpc) is 3.14. The van der Waals surface area contributed by atoms with Crippen molar-refractivity contribution in [2.24, 2.45) is 10.9 Å². The largest absolute Gasteiger partial charge is 0.352 e. The highest BCUT2D eigenvalue weighted by atomic mass is 32.2. The lowest BCUT2D eigenvalue weighted by molar-refractivity contribution is -0.116. The van der Waals surface area contributed by atoms with Crippen LogP contribution in [0.4, 0.5) is 8.78 Å². The van der Waals surface area contributed by atoms with E-state index in [1.165, 1.54) is 21.3 Å². The van der Waals surface area contributed by atoms with E-state index in [-0.39, 0.29) is 60.3 Å². The number of hydrogen-bond acceptors (Lipinski definition) is 5. The van der Waals surface area contributed by atoms with Crippen LogP contribution in [-0.4, -0.2) is 73.4 Å². The van der Waals surface area contributed by atoms with Crippen molar-refractivity contribution < 1.29 is 26.8 Å². The number of nitrogens with one attached hydrogen (secondary N) is 1. The van der Waals surface area contributed by atoms with E-state index in [0.29, 0.717) is 37.9 Å². The predicted octanol–water partition coefficient (Wildman–Crippen LogP) is 3.82. The van der Waals surface area contributed by atoms with Gasteiger partial charge >= 0.3 is 0 Å². The van der Waals surface area contributed by atoms with Gasteiger partial charge in [-0.2, -0.15) is 8.70 Å². The van der Waals surface area contributed by atoms with Crippen LogP contribution in [-0.2, 0) is 14.8 Å². The average molecular weight is 573 g/mol. The Bertz CT molecular complexity index is 1420. The van der Waals surface area contributed by atoms with Crippen molar-refractivity contribution in [1.82, 2.24) is 14.5 Å². The number of nitrogens with zero attached hydrogens (tertiary/aromatic N) is 3. The standard InChI is InChI=1S/C29H34F2N4O4S/c30-24-8-7-18(19-13-20-17-32-26(36)16-23-27(20)25(15-19)33-28(23)31)14-22(24)29(37)34-9-11-35(12-10-34)40(38,39)21-5-3-1-2-4-6-21/h7-8,14,16,19-21H,1-6,9-13,15,17H2,(H,32,36). The number of sulfonamides is 1. The number of carbonyl (C=O) groups is 2. The Labute approximate surface area is 233 Å². The highest BCUT2D eigenvalue weighted by molar-refractivity contribution is 7.89. The van der Waals surface area contributed by atoms with Crippen LogP contribution in [0.5, 0.6) is 0 Å². The molecule has 0 spiro atoms. The summed E-state index contributed by atoms with van der Waals surface area (Å²) in [5.41, 5.74) is 2.33. The van der Waals surface area contributed by atoms with Gasteiger partial charge < -0.3 is 10.2 Å². The zero-order chi connectivity index (χ0) is 28.0. The molecular formula is C29H34F2N4O4S. The summed E-state index contributed by atoms with van der Waals surface area (Å²) in [7, 11) is -3.43. The van der Waals surface area contributed by atoms with Gasteiger partial charge in [0.2, 0.25) is 21.9 Å². The molecule has 1 aromatic carbocycles. The first kappa shape index (κ1) is 27.3. The normalized spacial score (nSPS) is 26.4. The second kappa shape index (κ2) is 10.8. The third-order valence-electron chi connectivity index (χ3n) is 9.07. The number of carbonyl (C=O) groups excluding carboxylic acids is 2. The van der Waals surface area contributed by atoms with Gasteiger partial charge in [-0.25, -0.2) is 17.8 Å². The van der Waals surface area contributed by atoms with E-state index in [4.69, 9.17) is 0 Å². The number of aliphatic imine (C=N–C) groups is 1. The van der Waals surface area contributed by atoms with Crippen LogP contribution >= 0.6 is 0 Å². The van der Waals surface area contributed by atoms with E-state index in [2.05, 4.69) is 10.3 Å². The van der Waals surface area contributed by atoms with Crippen molar-refractivity contribution in [3.05, 3.63) is 58.1 Å². The molecule has 0 aromatic heterocycles. The highest BCUT2D eigenvalue weighted by Gasteiger charge is 2.40. The van der Waals surface area contributed by atoms with Crippen molar-refractivity contribution in [3.8, 4) is 0 Å². The lowest BCUT2D eigenvalue weighted by atomic mass is 9.75. The Morgan fingerprint density at radius 2 is 1.73 bits per heavy atom. The van der Waals surface area contributed by atoms with Crippen molar-refractivity contribution >= 4 is 27.8 Å². The number of allylic oxidation sites excluding steroid dienone is 2. The Hall–Kier alpha value is -2.92. The maximum atomic E-state index is 15.0. The van der Waals surface area contributed by atoms with Crippen LogP contribution in [0.25, 0.3) is 0 Å². The molecule has 3 heterocycles. The molecule has 2 fully saturated rings. The molecule has 0 bridgehead atoms. The fraction of sp³-hybridized carbons (Fsp3) is 0.552. The first-order valence-electron chi connectivity index (χ1n) is 14.3. The van der Waals surface area contributed by atoms with Gasteiger partial charge in [-0.05, 0) is 54.9 Å². The Kier molecular flexibility index (Phi) is 7.37. The molecule has 8 nitrogen and oxygen atoms in total. The zero-order valence-corrected chi connectivity index (χ0v) is 23.2. The van der Waals surface area contributed by atoms with E-state index < -0.39 is 27.7 Å². The molecule has 40 heavy (non-hydrogen) atoms. The number of benzene rings is 1. The molecule has 2 amide bonds. The summed E-state index contributed by atoms with van der Waals surface area (Å²) in [5.74, 6) is -2.34. The van der Waals surface area contributed by atoms with Crippen molar-refractivity contribution in [2.45, 2.75) is 62.5 Å². The molecule has 6 rings (SSSR count). The van der Waals surface area contributed by atoms with Crippen molar-refractivity contribution in [1.29, 1.82) is 0 Å². The van der Waals surface area contributed by atoms with Crippen molar-refractivity contribution in [3.63, 3.8) is 0 Å². The summed E-state index contributed by atoms with van der Waals surface area (Å²) in [6.07, 6.45) is 7.65. The maximum absolute atomic E-state index is 15.0. The van der Waals surface area contributed by atoms with E-state index in [1.54, 1.807) is 12.1 Å². The molecule has 2 unspecified atom stereocenters. The summed E-state index contributed by atoms with van der Waals surface area (Å²) in [5, 5.41) is 2.44. The van der Waals surface area contributed by atoms with Gasteiger partial charge in [0.15, 0.2) is 0 Å². The molecule has 11 heteroatoms. The third-order valence-corrected chi connectivity index (χ3v) is 11.5. The molecule has 1 saturated heterocycles. The van der Waals surface area contributed by atoms with E-state index >= 15 is 0 Å². The molecule has 5 aliphatic rings. The predicted molar refractivity (Wildman–Crippen MR) is 146 cm³/mol. The number of rotatable bonds is 4. The third kappa shape index (κ3) is 5.02. The molecule has 1 saturated carbocycles. The molecule has 2 aliphatic carbocycles. The summed E-state index contributed by atoms with van der Waals surface area (Å²) in [6.45, 7) is 1.19. The number of halogens is 2. The topological polar surface area (TPSA) is 99.2 Å². The molecular weight excluding hydrogens is 538 g/mol. The quantitative estimate of drug-likeness (QED) is 0.555. The fourth-order valence-corrected chi connectivity index (χ4v) is 8.93. The Balaban J connectivity index is 1.16. The molecule has 1 aromatic rings. The van der Waals surface area contributed by atoms with Crippen molar-refractivity contribution in [2.75, 3.05) is 32.7 Å². The van der Waals surface area contributed by atoms with Crippen LogP contribution in [0.2, 0.25) is 0 Å². The summed E-state index contributed by atoms with van der Waals surface area (Å²) >= 11 is 0. The minimum atomic E-state index is -3.43. The number of piperazine rings is 1. The summed E-state index contributed by atoms with van der Waals surface area (Å²) in [6, 6.07) is 4.52. The first-order valence-corrected chi connectivity index (χ1v) is 15.8. The molecule has 2 atom stereocenters. The van der Waals surface area contributed by atoms with Gasteiger partial charge in [-0.1, -0.05) is 31.7 Å². The van der Waals surface area contributed by atoms with Gasteiger partial charge in [0, 0.05) is 56.0 Å². The second-order valence-corrected chi connectivity index (χ2v) is 13.7. The second-order valence-electron chi connectivity index (χ2n) is 11.5. The lowest BCUT2D eigenvalue weighted by Crippen LogP contribution is -2.52. The van der Waals surface area contributed by atoms with Gasteiger partial charge in [0.05, 0.1) is 10.8 Å². The Morgan fingerprint density at radius 3 is 2.45 bits per heavy atom. The Morgan fingerprint density at radius 1 is 1.00 bits per heavy atom. The minimum Gasteiger partial charge on any atom is -0.352 e. The monoisotopic (exact) mass is 572 g/mol. The van der Waals surface area contributed by atoms with Crippen LogP contribution in [0, 0.1) is 11.7 Å². The van der Waals surface area contributed by atoms with Gasteiger partial charge in [-0.3, -0.25) is 9.59 Å².